The molecule has 0 spiro atoms. The Labute approximate surface area is 105 Å². The number of hydrogen-bond donors (Lipinski definition) is 5. The second-order valence-electron chi connectivity index (χ2n) is 4.04. The first-order valence-electron chi connectivity index (χ1n) is 5.53. The van der Waals surface area contributed by atoms with E-state index in [-0.39, 0.29) is 30.4 Å². The minimum Gasteiger partial charge on any atom is -0.504 e. The first kappa shape index (κ1) is 14.4. The highest BCUT2D eigenvalue weighted by Crippen LogP contribution is 2.27. The van der Waals surface area contributed by atoms with Gasteiger partial charge in [0.15, 0.2) is 17.3 Å². The SMILES string of the molecule is CC(O)C(=O)CNCC(O)c1ccc(O)c(O)c1. The third-order valence-corrected chi connectivity index (χ3v) is 2.49. The summed E-state index contributed by atoms with van der Waals surface area (Å²) < 4.78 is 0. The Bertz CT molecular complexity index is 419. The number of aliphatic hydroxyl groups is 2. The van der Waals surface area contributed by atoms with Crippen LogP contribution in [0.2, 0.25) is 0 Å². The Morgan fingerprint density at radius 2 is 1.94 bits per heavy atom. The van der Waals surface area contributed by atoms with Crippen LogP contribution < -0.4 is 5.32 Å². The van der Waals surface area contributed by atoms with Crippen molar-refractivity contribution in [2.75, 3.05) is 13.1 Å². The lowest BCUT2D eigenvalue weighted by atomic mass is 10.1. The first-order valence-corrected chi connectivity index (χ1v) is 5.53. The Balaban J connectivity index is 2.48. The Hall–Kier alpha value is -1.63. The molecule has 1 aromatic rings. The molecule has 1 aromatic carbocycles. The van der Waals surface area contributed by atoms with E-state index in [0.717, 1.165) is 0 Å². The van der Waals surface area contributed by atoms with Crippen molar-refractivity contribution in [1.29, 1.82) is 0 Å². The third kappa shape index (κ3) is 3.99. The van der Waals surface area contributed by atoms with Gasteiger partial charge in [-0.05, 0) is 24.6 Å². The summed E-state index contributed by atoms with van der Waals surface area (Å²) in [5.74, 6) is -0.939. The summed E-state index contributed by atoms with van der Waals surface area (Å²) in [7, 11) is 0. The van der Waals surface area contributed by atoms with Gasteiger partial charge in [0.1, 0.15) is 6.10 Å². The van der Waals surface area contributed by atoms with Gasteiger partial charge in [-0.3, -0.25) is 4.79 Å². The third-order valence-electron chi connectivity index (χ3n) is 2.49. The van der Waals surface area contributed by atoms with Crippen molar-refractivity contribution < 1.29 is 25.2 Å². The molecule has 6 heteroatoms. The van der Waals surface area contributed by atoms with Gasteiger partial charge in [-0.15, -0.1) is 0 Å². The smallest absolute Gasteiger partial charge is 0.174 e. The topological polar surface area (TPSA) is 110 Å². The predicted molar refractivity (Wildman–Crippen MR) is 64.3 cm³/mol. The molecule has 2 atom stereocenters. The van der Waals surface area contributed by atoms with E-state index in [1.807, 2.05) is 0 Å². The van der Waals surface area contributed by atoms with Crippen molar-refractivity contribution >= 4 is 5.78 Å². The van der Waals surface area contributed by atoms with Crippen molar-refractivity contribution in [3.63, 3.8) is 0 Å². The molecule has 2 unspecified atom stereocenters. The van der Waals surface area contributed by atoms with E-state index in [9.17, 15) is 15.0 Å². The van der Waals surface area contributed by atoms with E-state index in [2.05, 4.69) is 5.32 Å². The van der Waals surface area contributed by atoms with Crippen molar-refractivity contribution in [1.82, 2.24) is 5.32 Å². The number of Topliss-reactive ketones (excluding diaryl/α,β-unsaturated/α-hetero) is 1. The van der Waals surface area contributed by atoms with Gasteiger partial charge in [-0.2, -0.15) is 0 Å². The van der Waals surface area contributed by atoms with E-state index < -0.39 is 12.2 Å². The Morgan fingerprint density at radius 1 is 1.28 bits per heavy atom. The van der Waals surface area contributed by atoms with Crippen LogP contribution in [0.3, 0.4) is 0 Å². The van der Waals surface area contributed by atoms with Crippen LogP contribution in [-0.4, -0.2) is 45.4 Å². The van der Waals surface area contributed by atoms with E-state index in [1.165, 1.54) is 25.1 Å². The van der Waals surface area contributed by atoms with Crippen LogP contribution in [0.15, 0.2) is 18.2 Å². The van der Waals surface area contributed by atoms with Crippen LogP contribution in [0.4, 0.5) is 0 Å². The summed E-state index contributed by atoms with van der Waals surface area (Å²) in [5.41, 5.74) is 0.419. The first-order chi connectivity index (χ1) is 8.41. The second-order valence-corrected chi connectivity index (χ2v) is 4.04. The summed E-state index contributed by atoms with van der Waals surface area (Å²) in [6, 6.07) is 3.99. The van der Waals surface area contributed by atoms with E-state index in [1.54, 1.807) is 0 Å². The van der Waals surface area contributed by atoms with Crippen molar-refractivity contribution in [2.24, 2.45) is 0 Å². The number of nitrogens with one attached hydrogen (secondary N) is 1. The minimum absolute atomic E-state index is 0.0429. The van der Waals surface area contributed by atoms with Gasteiger partial charge < -0.3 is 25.7 Å². The highest BCUT2D eigenvalue weighted by Gasteiger charge is 2.12. The molecular formula is C12H17NO5. The van der Waals surface area contributed by atoms with E-state index >= 15 is 0 Å². The molecule has 0 radical (unpaired) electrons. The Morgan fingerprint density at radius 3 is 2.50 bits per heavy atom. The van der Waals surface area contributed by atoms with Crippen molar-refractivity contribution in [3.05, 3.63) is 23.8 Å². The lowest BCUT2D eigenvalue weighted by Crippen LogP contribution is -2.32. The summed E-state index contributed by atoms with van der Waals surface area (Å²) in [5, 5.41) is 39.8. The van der Waals surface area contributed by atoms with Crippen LogP contribution in [-0.2, 0) is 4.79 Å². The van der Waals surface area contributed by atoms with E-state index in [4.69, 9.17) is 10.2 Å². The molecule has 0 saturated heterocycles. The number of rotatable bonds is 6. The molecule has 0 fully saturated rings. The number of hydrogen-bond acceptors (Lipinski definition) is 6. The van der Waals surface area contributed by atoms with Gasteiger partial charge in [-0.25, -0.2) is 0 Å². The zero-order valence-corrected chi connectivity index (χ0v) is 10.00. The number of phenolic OH excluding ortho intramolecular Hbond substituents is 2. The maximum atomic E-state index is 11.1. The average molecular weight is 255 g/mol. The van der Waals surface area contributed by atoms with Crippen molar-refractivity contribution in [3.8, 4) is 11.5 Å². The highest BCUT2D eigenvalue weighted by atomic mass is 16.3. The quantitative estimate of drug-likeness (QED) is 0.445. The predicted octanol–water partition coefficient (Wildman–Crippen LogP) is -0.329. The molecule has 0 aliphatic heterocycles. The van der Waals surface area contributed by atoms with Crippen LogP contribution in [0.25, 0.3) is 0 Å². The molecule has 0 bridgehead atoms. The minimum atomic E-state index is -1.03. The monoisotopic (exact) mass is 255 g/mol. The number of aromatic hydroxyl groups is 2. The molecule has 6 nitrogen and oxygen atoms in total. The molecule has 0 aliphatic carbocycles. The molecule has 0 aromatic heterocycles. The van der Waals surface area contributed by atoms with Crippen LogP contribution in [0, 0.1) is 0 Å². The molecule has 0 saturated carbocycles. The summed E-state index contributed by atoms with van der Waals surface area (Å²) in [6.07, 6.45) is -1.95. The van der Waals surface area contributed by atoms with Gasteiger partial charge in [0, 0.05) is 6.54 Å². The number of phenols is 2. The number of carbonyl (C=O) groups is 1. The molecule has 0 amide bonds. The fourth-order valence-electron chi connectivity index (χ4n) is 1.35. The molecular weight excluding hydrogens is 238 g/mol. The normalized spacial score (nSPS) is 14.2. The van der Waals surface area contributed by atoms with Crippen molar-refractivity contribution in [2.45, 2.75) is 19.1 Å². The maximum Gasteiger partial charge on any atom is 0.174 e. The fourth-order valence-corrected chi connectivity index (χ4v) is 1.35. The summed E-state index contributed by atoms with van der Waals surface area (Å²) in [6.45, 7) is 1.43. The average Bonchev–Trinajstić information content (AvgIpc) is 2.32. The number of aliphatic hydroxyl groups excluding tert-OH is 2. The Kier molecular flexibility index (Phi) is 5.08. The lowest BCUT2D eigenvalue weighted by molar-refractivity contribution is -0.125. The van der Waals surface area contributed by atoms with Gasteiger partial charge in [0.25, 0.3) is 0 Å². The zero-order chi connectivity index (χ0) is 13.7. The molecule has 0 aliphatic rings. The van der Waals surface area contributed by atoms with Gasteiger partial charge >= 0.3 is 0 Å². The summed E-state index contributed by atoms with van der Waals surface area (Å²) in [4.78, 5) is 11.1. The second kappa shape index (κ2) is 6.34. The van der Waals surface area contributed by atoms with Crippen LogP contribution in [0.1, 0.15) is 18.6 Å². The molecule has 100 valence electrons. The largest absolute Gasteiger partial charge is 0.504 e. The van der Waals surface area contributed by atoms with E-state index in [0.29, 0.717) is 5.56 Å². The summed E-state index contributed by atoms with van der Waals surface area (Å²) >= 11 is 0. The van der Waals surface area contributed by atoms with Crippen LogP contribution in [0.5, 0.6) is 11.5 Å². The standard InChI is InChI=1S/C12H17NO5/c1-7(14)11(17)5-13-6-12(18)8-2-3-9(15)10(16)4-8/h2-4,7,12-16,18H,5-6H2,1H3. The van der Waals surface area contributed by atoms with Gasteiger partial charge in [0.2, 0.25) is 0 Å². The molecule has 1 rings (SSSR count). The molecule has 5 N–H and O–H groups in total. The number of benzene rings is 1. The zero-order valence-electron chi connectivity index (χ0n) is 10.00. The molecule has 18 heavy (non-hydrogen) atoms. The highest BCUT2D eigenvalue weighted by molar-refractivity contribution is 5.84. The lowest BCUT2D eigenvalue weighted by Gasteiger charge is -2.13. The number of carbonyl (C=O) groups excluding carboxylic acids is 1. The van der Waals surface area contributed by atoms with Gasteiger partial charge in [0.05, 0.1) is 12.6 Å². The number of ketones is 1. The fraction of sp³-hybridized carbons (Fsp3) is 0.417. The van der Waals surface area contributed by atoms with Gasteiger partial charge in [-0.1, -0.05) is 6.07 Å². The molecule has 0 heterocycles. The van der Waals surface area contributed by atoms with Crippen LogP contribution >= 0.6 is 0 Å². The maximum absolute atomic E-state index is 11.1.